The molecule has 0 saturated heterocycles. The molecule has 2 N–H and O–H groups in total. The van der Waals surface area contributed by atoms with Gasteiger partial charge in [0.1, 0.15) is 5.78 Å². The molecule has 30 heavy (non-hydrogen) atoms. The second-order valence-electron chi connectivity index (χ2n) is 7.50. The van der Waals surface area contributed by atoms with E-state index in [9.17, 15) is 14.7 Å². The second kappa shape index (κ2) is 11.9. The number of carbonyl (C=O) groups excluding carboxylic acids is 1. The number of carbonyl (C=O) groups is 2. The summed E-state index contributed by atoms with van der Waals surface area (Å²) < 4.78 is 1.28. The summed E-state index contributed by atoms with van der Waals surface area (Å²) in [6, 6.07) is 10.5. The average molecular weight is 465 g/mol. The first-order chi connectivity index (χ1) is 14.5. The molecule has 1 unspecified atom stereocenters. The number of aliphatic carboxylic acids is 1. The van der Waals surface area contributed by atoms with Crippen molar-refractivity contribution in [3.05, 3.63) is 47.4 Å². The van der Waals surface area contributed by atoms with E-state index in [0.29, 0.717) is 18.6 Å². The van der Waals surface area contributed by atoms with Crippen LogP contribution in [0.2, 0.25) is 0 Å². The monoisotopic (exact) mass is 464 g/mol. The van der Waals surface area contributed by atoms with Crippen LogP contribution in [0.25, 0.3) is 10.1 Å². The van der Waals surface area contributed by atoms with Crippen LogP contribution < -0.4 is 0 Å². The zero-order valence-electron chi connectivity index (χ0n) is 16.9. The lowest BCUT2D eigenvalue weighted by atomic mass is 10.0. The summed E-state index contributed by atoms with van der Waals surface area (Å²) in [4.78, 5) is 24.0. The zero-order valence-corrected chi connectivity index (χ0v) is 19.3. The summed E-state index contributed by atoms with van der Waals surface area (Å²) in [6.45, 7) is 0. The van der Waals surface area contributed by atoms with Gasteiger partial charge in [-0.25, -0.2) is 0 Å². The zero-order chi connectivity index (χ0) is 21.3. The summed E-state index contributed by atoms with van der Waals surface area (Å²) in [6.07, 6.45) is 7.31. The number of hydrogen-bond donors (Lipinski definition) is 2. The van der Waals surface area contributed by atoms with Crippen LogP contribution >= 0.6 is 34.9 Å². The first-order valence-corrected chi connectivity index (χ1v) is 13.3. The van der Waals surface area contributed by atoms with Crippen molar-refractivity contribution in [3.63, 3.8) is 0 Å². The van der Waals surface area contributed by atoms with Crippen molar-refractivity contribution in [1.29, 1.82) is 0 Å². The molecule has 1 aromatic carbocycles. The minimum Gasteiger partial charge on any atom is -0.481 e. The van der Waals surface area contributed by atoms with E-state index >= 15 is 0 Å². The molecule has 1 aliphatic carbocycles. The Kier molecular flexibility index (Phi) is 9.30. The Morgan fingerprint density at radius 3 is 2.93 bits per heavy atom. The Morgan fingerprint density at radius 2 is 2.13 bits per heavy atom. The number of aryl methyl sites for hydroxylation is 1. The highest BCUT2D eigenvalue weighted by atomic mass is 32.2. The summed E-state index contributed by atoms with van der Waals surface area (Å²) in [5.41, 5.74) is 0. The Hall–Kier alpha value is -1.28. The molecule has 0 aliphatic heterocycles. The number of aliphatic hydroxyl groups excluding tert-OH is 1. The van der Waals surface area contributed by atoms with Gasteiger partial charge in [-0.15, -0.1) is 23.1 Å². The van der Waals surface area contributed by atoms with Gasteiger partial charge in [-0.05, 0) is 60.6 Å². The fraction of sp³-hybridized carbons (Fsp3) is 0.478. The number of benzene rings is 1. The fourth-order valence-corrected chi connectivity index (χ4v) is 6.88. The maximum absolute atomic E-state index is 12.2. The number of hydrogen-bond acceptors (Lipinski definition) is 6. The number of thioether (sulfide) groups is 2. The van der Waals surface area contributed by atoms with Crippen molar-refractivity contribution >= 4 is 56.7 Å². The summed E-state index contributed by atoms with van der Waals surface area (Å²) in [5, 5.41) is 20.3. The van der Waals surface area contributed by atoms with Crippen LogP contribution in [0.5, 0.6) is 0 Å². The first kappa shape index (κ1) is 23.4. The predicted octanol–water partition coefficient (Wildman–Crippen LogP) is 5.04. The van der Waals surface area contributed by atoms with E-state index in [4.69, 9.17) is 5.11 Å². The van der Waals surface area contributed by atoms with Crippen molar-refractivity contribution in [1.82, 2.24) is 0 Å². The van der Waals surface area contributed by atoms with Crippen molar-refractivity contribution in [2.24, 2.45) is 5.92 Å². The Balaban J connectivity index is 1.41. The molecule has 1 heterocycles. The average Bonchev–Trinajstić information content (AvgIpc) is 3.30. The quantitative estimate of drug-likeness (QED) is 0.339. The van der Waals surface area contributed by atoms with Crippen molar-refractivity contribution in [2.75, 3.05) is 17.3 Å². The topological polar surface area (TPSA) is 74.6 Å². The van der Waals surface area contributed by atoms with Crippen LogP contribution in [0.4, 0.5) is 0 Å². The largest absolute Gasteiger partial charge is 0.481 e. The molecule has 7 heteroatoms. The van der Waals surface area contributed by atoms with E-state index in [1.54, 1.807) is 23.1 Å². The molecular formula is C23H28O4S3. The minimum atomic E-state index is -0.783. The molecule has 162 valence electrons. The highest BCUT2D eigenvalue weighted by Gasteiger charge is 2.33. The number of rotatable bonds is 12. The third kappa shape index (κ3) is 7.15. The molecule has 0 bridgehead atoms. The molecule has 0 radical (unpaired) electrons. The van der Waals surface area contributed by atoms with Crippen LogP contribution in [-0.4, -0.2) is 50.6 Å². The molecule has 3 rings (SSSR count). The van der Waals surface area contributed by atoms with Crippen LogP contribution in [0.15, 0.2) is 42.5 Å². The molecule has 1 fully saturated rings. The highest BCUT2D eigenvalue weighted by Crippen LogP contribution is 2.34. The lowest BCUT2D eigenvalue weighted by Crippen LogP contribution is -2.17. The van der Waals surface area contributed by atoms with Crippen LogP contribution in [0.3, 0.4) is 0 Å². The van der Waals surface area contributed by atoms with Crippen LogP contribution in [-0.2, 0) is 16.0 Å². The summed E-state index contributed by atoms with van der Waals surface area (Å²) >= 11 is 4.88. The highest BCUT2D eigenvalue weighted by molar-refractivity contribution is 8.01. The van der Waals surface area contributed by atoms with Crippen molar-refractivity contribution in [2.45, 2.75) is 43.5 Å². The first-order valence-electron chi connectivity index (χ1n) is 10.3. The molecule has 1 saturated carbocycles. The maximum Gasteiger partial charge on any atom is 0.313 e. The van der Waals surface area contributed by atoms with E-state index in [0.717, 1.165) is 30.8 Å². The Labute approximate surface area is 190 Å². The molecule has 0 spiro atoms. The Morgan fingerprint density at radius 1 is 1.30 bits per heavy atom. The van der Waals surface area contributed by atoms with Gasteiger partial charge in [-0.3, -0.25) is 9.59 Å². The van der Waals surface area contributed by atoms with Crippen LogP contribution in [0.1, 0.15) is 30.6 Å². The normalized spacial score (nSPS) is 20.4. The van der Waals surface area contributed by atoms with Crippen molar-refractivity contribution in [3.8, 4) is 0 Å². The number of allylic oxidation sites excluding steroid dienone is 1. The van der Waals surface area contributed by atoms with Crippen LogP contribution in [0, 0.1) is 5.92 Å². The van der Waals surface area contributed by atoms with E-state index in [1.165, 1.54) is 26.7 Å². The van der Waals surface area contributed by atoms with Crippen molar-refractivity contribution < 1.29 is 19.8 Å². The smallest absolute Gasteiger partial charge is 0.313 e. The lowest BCUT2D eigenvalue weighted by Gasteiger charge is -2.15. The number of carboxylic acids is 1. The Bertz CT molecular complexity index is 843. The minimum absolute atomic E-state index is 0.0273. The molecule has 2 aromatic rings. The predicted molar refractivity (Wildman–Crippen MR) is 129 cm³/mol. The van der Waals surface area contributed by atoms with Gasteiger partial charge < -0.3 is 10.2 Å². The standard InChI is InChI=1S/C23H28O4S3/c24-18(9-10-19-14-17-4-1-2-5-21(17)30-19)8-6-16-7-11-20(25)23(16)29-13-3-12-28-15-22(26)27/h1-2,4-6,8,14,16,18,23-24H,3,7,9-13,15H2,(H,26,27)/t16-,18?,23+/m0/s1. The van der Waals surface area contributed by atoms with Gasteiger partial charge in [0, 0.05) is 16.0 Å². The van der Waals surface area contributed by atoms with Gasteiger partial charge in [0.05, 0.1) is 17.1 Å². The third-order valence-corrected chi connectivity index (χ3v) is 8.83. The van der Waals surface area contributed by atoms with E-state index in [1.807, 2.05) is 24.3 Å². The lowest BCUT2D eigenvalue weighted by molar-refractivity contribution is -0.133. The molecule has 1 aromatic heterocycles. The van der Waals surface area contributed by atoms with E-state index in [-0.39, 0.29) is 16.9 Å². The third-order valence-electron chi connectivity index (χ3n) is 5.13. The summed E-state index contributed by atoms with van der Waals surface area (Å²) in [7, 11) is 0. The van der Waals surface area contributed by atoms with E-state index < -0.39 is 12.1 Å². The second-order valence-corrected chi connectivity index (χ2v) is 11.0. The maximum atomic E-state index is 12.2. The molecule has 3 atom stereocenters. The molecule has 1 aliphatic rings. The van der Waals surface area contributed by atoms with Gasteiger partial charge in [0.25, 0.3) is 0 Å². The molecule has 4 nitrogen and oxygen atoms in total. The van der Waals surface area contributed by atoms with Gasteiger partial charge in [-0.1, -0.05) is 30.4 Å². The van der Waals surface area contributed by atoms with Gasteiger partial charge in [-0.2, -0.15) is 11.8 Å². The number of Topliss-reactive ketones (excluding diaryl/α,β-unsaturated/α-hetero) is 1. The molecule has 0 amide bonds. The number of aliphatic hydroxyl groups is 1. The SMILES string of the molecule is O=C(O)CSCCCS[C@H]1C(=O)CC[C@@H]1C=CC(O)CCc1cc2ccccc2s1. The van der Waals surface area contributed by atoms with E-state index in [2.05, 4.69) is 18.2 Å². The number of thiophene rings is 1. The number of fused-ring (bicyclic) bond motifs is 1. The van der Waals surface area contributed by atoms with Gasteiger partial charge >= 0.3 is 5.97 Å². The number of carboxylic acid groups (broad SMARTS) is 1. The van der Waals surface area contributed by atoms with Gasteiger partial charge in [0.15, 0.2) is 0 Å². The van der Waals surface area contributed by atoms with Gasteiger partial charge in [0.2, 0.25) is 0 Å². The summed E-state index contributed by atoms with van der Waals surface area (Å²) in [5.74, 6) is 1.51. The number of ketones is 1. The fourth-order valence-electron chi connectivity index (χ4n) is 3.60. The molecular weight excluding hydrogens is 436 g/mol.